The Morgan fingerprint density at radius 2 is 1.69 bits per heavy atom. The van der Waals surface area contributed by atoms with Gasteiger partial charge in [-0.3, -0.25) is 0 Å². The lowest BCUT2D eigenvalue weighted by Gasteiger charge is -2.02. The fourth-order valence-electron chi connectivity index (χ4n) is 0.868. The van der Waals surface area contributed by atoms with Crippen molar-refractivity contribution >= 4 is 11.7 Å². The van der Waals surface area contributed by atoms with Crippen LogP contribution in [-0.4, -0.2) is 23.2 Å². The minimum atomic E-state index is -1.13. The highest BCUT2D eigenvalue weighted by Gasteiger charge is 2.08. The lowest BCUT2D eigenvalue weighted by molar-refractivity contribution is 0.0694. The number of hydrogen-bond donors (Lipinski definition) is 3. The maximum atomic E-state index is 10.4. The second kappa shape index (κ2) is 9.83. The molecule has 0 radical (unpaired) electrons. The lowest BCUT2D eigenvalue weighted by Crippen LogP contribution is -1.97. The molecule has 0 unspecified atom stereocenters. The van der Waals surface area contributed by atoms with E-state index >= 15 is 0 Å². The Morgan fingerprint density at radius 1 is 1.19 bits per heavy atom. The van der Waals surface area contributed by atoms with E-state index in [0.29, 0.717) is 5.69 Å². The topological polar surface area (TPSA) is 69.6 Å². The maximum absolute atomic E-state index is 10.4. The van der Waals surface area contributed by atoms with Gasteiger partial charge in [0.2, 0.25) is 0 Å². The molecule has 0 atom stereocenters. The van der Waals surface area contributed by atoms with Gasteiger partial charge in [0, 0.05) is 18.8 Å². The zero-order valence-corrected chi connectivity index (χ0v) is 10.5. The molecule has 0 saturated heterocycles. The van der Waals surface area contributed by atoms with Crippen LogP contribution in [0.25, 0.3) is 0 Å². The Bertz CT molecular complexity index is 311. The number of carboxylic acids is 1. The monoisotopic (exact) mass is 227 g/mol. The Labute approximate surface area is 96.9 Å². The minimum Gasteiger partial charge on any atom is -0.507 e. The molecule has 1 rings (SSSR count). The first-order valence-corrected chi connectivity index (χ1v) is 5.39. The fraction of sp³-hybridized carbons (Fsp3) is 0.417. The van der Waals surface area contributed by atoms with Gasteiger partial charge >= 0.3 is 5.97 Å². The summed E-state index contributed by atoms with van der Waals surface area (Å²) in [6.45, 7) is 8.00. The second-order valence-corrected chi connectivity index (χ2v) is 2.29. The van der Waals surface area contributed by atoms with Crippen LogP contribution in [0.15, 0.2) is 18.2 Å². The van der Waals surface area contributed by atoms with Crippen molar-refractivity contribution in [1.29, 1.82) is 0 Å². The Morgan fingerprint density at radius 3 is 2.00 bits per heavy atom. The molecule has 4 heteroatoms. The number of nitrogens with one attached hydrogen (secondary N) is 1. The highest BCUT2D eigenvalue weighted by atomic mass is 16.4. The van der Waals surface area contributed by atoms with Crippen molar-refractivity contribution in [3.05, 3.63) is 23.8 Å². The van der Waals surface area contributed by atoms with E-state index < -0.39 is 5.97 Å². The summed E-state index contributed by atoms with van der Waals surface area (Å²) < 4.78 is 0. The van der Waals surface area contributed by atoms with Gasteiger partial charge in [-0.15, -0.1) is 0 Å². The number of phenols is 1. The molecule has 0 saturated carbocycles. The number of rotatable bonds is 2. The predicted molar refractivity (Wildman–Crippen MR) is 67.3 cm³/mol. The molecule has 0 bridgehead atoms. The van der Waals surface area contributed by atoms with Gasteiger partial charge in [-0.2, -0.15) is 0 Å². The highest BCUT2D eigenvalue weighted by molar-refractivity contribution is 5.91. The van der Waals surface area contributed by atoms with Crippen LogP contribution in [0.1, 0.15) is 38.1 Å². The number of benzene rings is 1. The van der Waals surface area contributed by atoms with Crippen LogP contribution >= 0.6 is 0 Å². The van der Waals surface area contributed by atoms with Crippen LogP contribution in [0.5, 0.6) is 5.75 Å². The van der Waals surface area contributed by atoms with E-state index in [-0.39, 0.29) is 11.3 Å². The number of carboxylic acid groups (broad SMARTS) is 1. The molecule has 0 aliphatic heterocycles. The van der Waals surface area contributed by atoms with Crippen LogP contribution < -0.4 is 5.32 Å². The van der Waals surface area contributed by atoms with E-state index in [4.69, 9.17) is 5.11 Å². The number of aromatic hydroxyl groups is 1. The van der Waals surface area contributed by atoms with Crippen molar-refractivity contribution < 1.29 is 15.0 Å². The van der Waals surface area contributed by atoms with Crippen molar-refractivity contribution in [2.75, 3.05) is 12.4 Å². The van der Waals surface area contributed by atoms with Gasteiger partial charge in [0.25, 0.3) is 0 Å². The molecule has 3 N–H and O–H groups in total. The molecule has 16 heavy (non-hydrogen) atoms. The van der Waals surface area contributed by atoms with E-state index in [0.717, 1.165) is 0 Å². The molecule has 0 heterocycles. The summed E-state index contributed by atoms with van der Waals surface area (Å²) >= 11 is 0. The first-order valence-electron chi connectivity index (χ1n) is 5.39. The van der Waals surface area contributed by atoms with Crippen molar-refractivity contribution in [2.45, 2.75) is 27.7 Å². The van der Waals surface area contributed by atoms with E-state index in [2.05, 4.69) is 5.32 Å². The second-order valence-electron chi connectivity index (χ2n) is 2.29. The maximum Gasteiger partial charge on any atom is 0.339 e. The van der Waals surface area contributed by atoms with Gasteiger partial charge < -0.3 is 15.5 Å². The first kappa shape index (κ1) is 16.7. The van der Waals surface area contributed by atoms with Gasteiger partial charge in [-0.1, -0.05) is 27.7 Å². The number of aromatic carboxylic acids is 1. The average Bonchev–Trinajstić information content (AvgIpc) is 2.33. The highest BCUT2D eigenvalue weighted by Crippen LogP contribution is 2.21. The van der Waals surface area contributed by atoms with Crippen LogP contribution in [0.4, 0.5) is 5.69 Å². The summed E-state index contributed by atoms with van der Waals surface area (Å²) in [5.41, 5.74) is 0.589. The molecule has 0 spiro atoms. The fourth-order valence-corrected chi connectivity index (χ4v) is 0.868. The molecule has 1 aromatic carbocycles. The molecule has 0 amide bonds. The van der Waals surface area contributed by atoms with Gasteiger partial charge in [-0.25, -0.2) is 4.79 Å². The molecule has 4 nitrogen and oxygen atoms in total. The SMILES string of the molecule is CC.CC.CNc1ccc(C(=O)O)c(O)c1. The lowest BCUT2D eigenvalue weighted by atomic mass is 10.2. The summed E-state index contributed by atoms with van der Waals surface area (Å²) in [6, 6.07) is 4.30. The third kappa shape index (κ3) is 5.24. The standard InChI is InChI=1S/C8H9NO3.2C2H6/c1-9-5-2-3-6(8(11)12)7(10)4-5;2*1-2/h2-4,9-10H,1H3,(H,11,12);2*1-2H3. The van der Waals surface area contributed by atoms with E-state index in [9.17, 15) is 9.90 Å². The Balaban J connectivity index is 0. The van der Waals surface area contributed by atoms with Crippen LogP contribution in [0, 0.1) is 0 Å². The van der Waals surface area contributed by atoms with Gasteiger partial charge in [0.05, 0.1) is 0 Å². The first-order chi connectivity index (χ1) is 7.65. The van der Waals surface area contributed by atoms with E-state index in [1.165, 1.54) is 12.1 Å². The van der Waals surface area contributed by atoms with Crippen molar-refractivity contribution in [3.63, 3.8) is 0 Å². The summed E-state index contributed by atoms with van der Waals surface area (Å²) in [7, 11) is 1.69. The summed E-state index contributed by atoms with van der Waals surface area (Å²) in [4.78, 5) is 10.4. The third-order valence-corrected chi connectivity index (χ3v) is 1.52. The molecular weight excluding hydrogens is 206 g/mol. The van der Waals surface area contributed by atoms with Gasteiger partial charge in [0.15, 0.2) is 0 Å². The van der Waals surface area contributed by atoms with Crippen LogP contribution in [-0.2, 0) is 0 Å². The average molecular weight is 227 g/mol. The predicted octanol–water partition coefficient (Wildman–Crippen LogP) is 3.18. The number of carbonyl (C=O) groups is 1. The normalized spacial score (nSPS) is 7.81. The van der Waals surface area contributed by atoms with E-state index in [1.54, 1.807) is 13.1 Å². The molecule has 0 aromatic heterocycles. The number of anilines is 1. The largest absolute Gasteiger partial charge is 0.507 e. The minimum absolute atomic E-state index is 0.0889. The molecule has 1 aromatic rings. The molecule has 92 valence electrons. The van der Waals surface area contributed by atoms with Gasteiger partial charge in [0.1, 0.15) is 11.3 Å². The summed E-state index contributed by atoms with van der Waals surface area (Å²) in [6.07, 6.45) is 0. The summed E-state index contributed by atoms with van der Waals surface area (Å²) in [5.74, 6) is -1.36. The Kier molecular flexibility index (Phi) is 10.3. The summed E-state index contributed by atoms with van der Waals surface area (Å²) in [5, 5.41) is 20.5. The Hall–Kier alpha value is -1.71. The van der Waals surface area contributed by atoms with Crippen molar-refractivity contribution in [3.8, 4) is 5.75 Å². The van der Waals surface area contributed by atoms with Gasteiger partial charge in [-0.05, 0) is 12.1 Å². The molecule has 0 aliphatic rings. The van der Waals surface area contributed by atoms with E-state index in [1.807, 2.05) is 27.7 Å². The number of hydrogen-bond acceptors (Lipinski definition) is 3. The molecule has 0 fully saturated rings. The third-order valence-electron chi connectivity index (χ3n) is 1.52. The smallest absolute Gasteiger partial charge is 0.339 e. The molecule has 0 aliphatic carbocycles. The van der Waals surface area contributed by atoms with Crippen LogP contribution in [0.2, 0.25) is 0 Å². The quantitative estimate of drug-likeness (QED) is 0.725. The van der Waals surface area contributed by atoms with Crippen molar-refractivity contribution in [2.24, 2.45) is 0 Å². The zero-order valence-electron chi connectivity index (χ0n) is 10.5. The molecular formula is C12H21NO3. The van der Waals surface area contributed by atoms with Crippen LogP contribution in [0.3, 0.4) is 0 Å². The zero-order chi connectivity index (χ0) is 13.1. The van der Waals surface area contributed by atoms with Crippen molar-refractivity contribution in [1.82, 2.24) is 0 Å².